The molecule has 1 heterocycles. The second kappa shape index (κ2) is 4.53. The third-order valence-electron chi connectivity index (χ3n) is 2.92. The van der Waals surface area contributed by atoms with E-state index in [-0.39, 0.29) is 6.04 Å². The molecule has 1 aromatic rings. The highest BCUT2D eigenvalue weighted by molar-refractivity contribution is 5.70. The predicted octanol–water partition coefficient (Wildman–Crippen LogP) is 3.47. The number of rotatable bonds is 1. The molecule has 2 rings (SSSR count). The van der Waals surface area contributed by atoms with Gasteiger partial charge >= 0.3 is 6.18 Å². The Morgan fingerprint density at radius 1 is 1.24 bits per heavy atom. The Morgan fingerprint density at radius 2 is 1.94 bits per heavy atom. The van der Waals surface area contributed by atoms with Gasteiger partial charge in [-0.15, -0.1) is 0 Å². The summed E-state index contributed by atoms with van der Waals surface area (Å²) in [7, 11) is 0. The molecule has 1 atom stereocenters. The molecule has 1 aliphatic rings. The predicted molar refractivity (Wildman–Crippen MR) is 61.5 cm³/mol. The molecule has 1 unspecified atom stereocenters. The van der Waals surface area contributed by atoms with Crippen molar-refractivity contribution in [3.63, 3.8) is 0 Å². The number of halogens is 3. The topological polar surface area (TPSA) is 12.0 Å². The number of hydrogen-bond acceptors (Lipinski definition) is 1. The number of benzene rings is 1. The van der Waals surface area contributed by atoms with Gasteiger partial charge in [-0.1, -0.05) is 24.3 Å². The van der Waals surface area contributed by atoms with Gasteiger partial charge in [-0.3, -0.25) is 0 Å². The molecule has 17 heavy (non-hydrogen) atoms. The summed E-state index contributed by atoms with van der Waals surface area (Å²) in [4.78, 5) is 0. The zero-order valence-corrected chi connectivity index (χ0v) is 9.51. The van der Waals surface area contributed by atoms with Gasteiger partial charge in [0.15, 0.2) is 0 Å². The van der Waals surface area contributed by atoms with E-state index in [0.717, 1.165) is 11.6 Å². The second-order valence-electron chi connectivity index (χ2n) is 4.29. The van der Waals surface area contributed by atoms with Gasteiger partial charge in [-0.2, -0.15) is 13.2 Å². The maximum atomic E-state index is 12.9. The third-order valence-corrected chi connectivity index (χ3v) is 2.92. The summed E-state index contributed by atoms with van der Waals surface area (Å²) in [6.07, 6.45) is -1.82. The first-order valence-corrected chi connectivity index (χ1v) is 5.57. The fraction of sp³-hybridized carbons (Fsp3) is 0.385. The molecule has 1 nitrogen and oxygen atoms in total. The Kier molecular flexibility index (Phi) is 3.24. The van der Waals surface area contributed by atoms with E-state index < -0.39 is 11.7 Å². The fourth-order valence-corrected chi connectivity index (χ4v) is 2.10. The molecule has 1 aliphatic heterocycles. The van der Waals surface area contributed by atoms with Gasteiger partial charge in [0.1, 0.15) is 0 Å². The molecule has 0 saturated heterocycles. The van der Waals surface area contributed by atoms with E-state index in [2.05, 4.69) is 5.32 Å². The van der Waals surface area contributed by atoms with Gasteiger partial charge in [0.2, 0.25) is 0 Å². The van der Waals surface area contributed by atoms with E-state index in [1.807, 2.05) is 13.0 Å². The van der Waals surface area contributed by atoms with Crippen LogP contribution in [0.1, 0.15) is 24.5 Å². The summed E-state index contributed by atoms with van der Waals surface area (Å²) >= 11 is 0. The first-order valence-electron chi connectivity index (χ1n) is 5.57. The van der Waals surface area contributed by atoms with Gasteiger partial charge in [-0.25, -0.2) is 0 Å². The molecule has 92 valence electrons. The SMILES string of the molecule is CC1CC(c2ccccc2C(F)(F)F)=CCN1. The maximum Gasteiger partial charge on any atom is 0.416 e. The first kappa shape index (κ1) is 12.2. The van der Waals surface area contributed by atoms with Crippen LogP contribution in [-0.2, 0) is 6.18 Å². The number of hydrogen-bond donors (Lipinski definition) is 1. The van der Waals surface area contributed by atoms with Crippen LogP contribution in [0.5, 0.6) is 0 Å². The van der Waals surface area contributed by atoms with E-state index in [1.54, 1.807) is 12.1 Å². The van der Waals surface area contributed by atoms with Crippen molar-refractivity contribution in [3.05, 3.63) is 41.5 Å². The van der Waals surface area contributed by atoms with Crippen LogP contribution in [0, 0.1) is 0 Å². The molecular weight excluding hydrogens is 227 g/mol. The molecule has 0 spiro atoms. The largest absolute Gasteiger partial charge is 0.416 e. The zero-order chi connectivity index (χ0) is 12.5. The monoisotopic (exact) mass is 241 g/mol. The molecule has 4 heteroatoms. The fourth-order valence-electron chi connectivity index (χ4n) is 2.10. The van der Waals surface area contributed by atoms with Gasteiger partial charge in [-0.05, 0) is 30.5 Å². The van der Waals surface area contributed by atoms with Crippen molar-refractivity contribution in [1.82, 2.24) is 5.32 Å². The van der Waals surface area contributed by atoms with Crippen LogP contribution in [0.25, 0.3) is 5.57 Å². The third kappa shape index (κ3) is 2.69. The Balaban J connectivity index is 2.42. The summed E-state index contributed by atoms with van der Waals surface area (Å²) in [6, 6.07) is 5.99. The highest BCUT2D eigenvalue weighted by atomic mass is 19.4. The Hall–Kier alpha value is -1.29. The summed E-state index contributed by atoms with van der Waals surface area (Å²) in [5, 5.41) is 3.18. The van der Waals surface area contributed by atoms with Crippen molar-refractivity contribution in [1.29, 1.82) is 0 Å². The minimum Gasteiger partial charge on any atom is -0.310 e. The van der Waals surface area contributed by atoms with Crippen molar-refractivity contribution in [2.45, 2.75) is 25.6 Å². The van der Waals surface area contributed by atoms with Crippen LogP contribution in [0.15, 0.2) is 30.3 Å². The molecule has 0 fully saturated rings. The molecule has 1 N–H and O–H groups in total. The van der Waals surface area contributed by atoms with Crippen molar-refractivity contribution in [2.75, 3.05) is 6.54 Å². The maximum absolute atomic E-state index is 12.9. The Morgan fingerprint density at radius 3 is 2.59 bits per heavy atom. The van der Waals surface area contributed by atoms with Crippen molar-refractivity contribution >= 4 is 5.57 Å². The molecule has 0 radical (unpaired) electrons. The average molecular weight is 241 g/mol. The van der Waals surface area contributed by atoms with Gasteiger partial charge in [0.25, 0.3) is 0 Å². The van der Waals surface area contributed by atoms with Crippen LogP contribution in [0.3, 0.4) is 0 Å². The first-order chi connectivity index (χ1) is 7.98. The van der Waals surface area contributed by atoms with Gasteiger partial charge in [0, 0.05) is 12.6 Å². The van der Waals surface area contributed by atoms with E-state index in [1.165, 1.54) is 6.07 Å². The molecule has 0 aromatic heterocycles. The standard InChI is InChI=1S/C13H14F3N/c1-9-8-10(6-7-17-9)11-4-2-3-5-12(11)13(14,15)16/h2-6,9,17H,7-8H2,1H3. The smallest absolute Gasteiger partial charge is 0.310 e. The molecule has 1 aromatic carbocycles. The van der Waals surface area contributed by atoms with Crippen molar-refractivity contribution in [2.24, 2.45) is 0 Å². The van der Waals surface area contributed by atoms with Crippen LogP contribution >= 0.6 is 0 Å². The second-order valence-corrected chi connectivity index (χ2v) is 4.29. The molecule has 0 saturated carbocycles. The minimum atomic E-state index is -4.29. The number of alkyl halides is 3. The lowest BCUT2D eigenvalue weighted by Gasteiger charge is -2.23. The molecule has 0 amide bonds. The lowest BCUT2D eigenvalue weighted by molar-refractivity contribution is -0.137. The van der Waals surface area contributed by atoms with E-state index in [0.29, 0.717) is 18.5 Å². The average Bonchev–Trinajstić information content (AvgIpc) is 2.28. The molecule has 0 aliphatic carbocycles. The van der Waals surface area contributed by atoms with Crippen LogP contribution in [-0.4, -0.2) is 12.6 Å². The number of nitrogens with one attached hydrogen (secondary N) is 1. The lowest BCUT2D eigenvalue weighted by atomic mass is 9.92. The highest BCUT2D eigenvalue weighted by Crippen LogP contribution is 2.36. The molecule has 0 bridgehead atoms. The lowest BCUT2D eigenvalue weighted by Crippen LogP contribution is -2.30. The zero-order valence-electron chi connectivity index (χ0n) is 9.51. The van der Waals surface area contributed by atoms with Gasteiger partial charge < -0.3 is 5.32 Å². The summed E-state index contributed by atoms with van der Waals surface area (Å²) in [6.45, 7) is 2.60. The normalized spacial score (nSPS) is 21.2. The van der Waals surface area contributed by atoms with Crippen molar-refractivity contribution in [3.8, 4) is 0 Å². The van der Waals surface area contributed by atoms with Crippen LogP contribution in [0.4, 0.5) is 13.2 Å². The van der Waals surface area contributed by atoms with E-state index >= 15 is 0 Å². The van der Waals surface area contributed by atoms with E-state index in [9.17, 15) is 13.2 Å². The summed E-state index contributed by atoms with van der Waals surface area (Å²) < 4.78 is 38.6. The quantitative estimate of drug-likeness (QED) is 0.793. The molecular formula is C13H14F3N. The minimum absolute atomic E-state index is 0.219. The summed E-state index contributed by atoms with van der Waals surface area (Å²) in [5.41, 5.74) is 0.554. The Labute approximate surface area is 98.3 Å². The highest BCUT2D eigenvalue weighted by Gasteiger charge is 2.34. The summed E-state index contributed by atoms with van der Waals surface area (Å²) in [5.74, 6) is 0. The van der Waals surface area contributed by atoms with Gasteiger partial charge in [0.05, 0.1) is 5.56 Å². The van der Waals surface area contributed by atoms with Crippen LogP contribution in [0.2, 0.25) is 0 Å². The van der Waals surface area contributed by atoms with E-state index in [4.69, 9.17) is 0 Å². The Bertz CT molecular complexity index is 435. The van der Waals surface area contributed by atoms with Crippen LogP contribution < -0.4 is 5.32 Å². The van der Waals surface area contributed by atoms with Crippen molar-refractivity contribution < 1.29 is 13.2 Å².